The fourth-order valence-electron chi connectivity index (χ4n) is 1.74. The van der Waals surface area contributed by atoms with E-state index in [1.165, 1.54) is 12.1 Å². The van der Waals surface area contributed by atoms with Crippen LogP contribution >= 0.6 is 12.2 Å². The number of thiocarbonyl (C=S) groups is 1. The van der Waals surface area contributed by atoms with E-state index in [9.17, 15) is 13.2 Å². The molecule has 0 aliphatic heterocycles. The number of benzene rings is 2. The predicted octanol–water partition coefficient (Wildman–Crippen LogP) is 3.92. The molecule has 0 aliphatic rings. The molecule has 0 atom stereocenters. The molecule has 0 saturated heterocycles. The summed E-state index contributed by atoms with van der Waals surface area (Å²) in [7, 11) is 0. The number of ether oxygens (including phenoxy) is 1. The van der Waals surface area contributed by atoms with Crippen molar-refractivity contribution in [3.05, 3.63) is 65.2 Å². The molecule has 0 saturated carbocycles. The molecule has 0 spiro atoms. The molecule has 0 heterocycles. The topological polar surface area (TPSA) is 35.2 Å². The molecular formula is C15H12F3NOS. The maximum absolute atomic E-state index is 12.6. The number of alkyl halides is 3. The summed E-state index contributed by atoms with van der Waals surface area (Å²) in [6.45, 7) is 0.137. The van der Waals surface area contributed by atoms with Crippen LogP contribution in [0, 0.1) is 0 Å². The van der Waals surface area contributed by atoms with E-state index in [-0.39, 0.29) is 17.3 Å². The second-order valence-corrected chi connectivity index (χ2v) is 4.82. The van der Waals surface area contributed by atoms with Gasteiger partial charge in [-0.3, -0.25) is 0 Å². The Hall–Kier alpha value is -2.08. The van der Waals surface area contributed by atoms with Gasteiger partial charge in [-0.25, -0.2) is 0 Å². The lowest BCUT2D eigenvalue weighted by molar-refractivity contribution is -0.137. The lowest BCUT2D eigenvalue weighted by Gasteiger charge is -2.10. The van der Waals surface area contributed by atoms with Crippen LogP contribution in [0.1, 0.15) is 16.7 Å². The number of hydrogen-bond acceptors (Lipinski definition) is 2. The van der Waals surface area contributed by atoms with Gasteiger partial charge in [0.05, 0.1) is 5.56 Å². The van der Waals surface area contributed by atoms with Gasteiger partial charge in [0.2, 0.25) is 0 Å². The van der Waals surface area contributed by atoms with Crippen LogP contribution in [0.4, 0.5) is 13.2 Å². The van der Waals surface area contributed by atoms with E-state index in [4.69, 9.17) is 22.7 Å². The fraction of sp³-hybridized carbons (Fsp3) is 0.133. The minimum absolute atomic E-state index is 0.137. The summed E-state index contributed by atoms with van der Waals surface area (Å²) in [5, 5.41) is 0. The standard InChI is InChI=1S/C15H12F3NOS/c16-15(17,18)12-5-2-6-13(8-12)20-9-10-3-1-4-11(7-10)14(19)21/h1-8H,9H2,(H2,19,21). The zero-order chi connectivity index (χ0) is 15.5. The third-order valence-corrected chi connectivity index (χ3v) is 3.01. The largest absolute Gasteiger partial charge is 0.489 e. The molecular weight excluding hydrogens is 299 g/mol. The van der Waals surface area contributed by atoms with Crippen LogP contribution in [0.15, 0.2) is 48.5 Å². The zero-order valence-corrected chi connectivity index (χ0v) is 11.7. The van der Waals surface area contributed by atoms with Crippen molar-refractivity contribution in [2.24, 2.45) is 5.73 Å². The molecule has 0 aromatic heterocycles. The summed E-state index contributed by atoms with van der Waals surface area (Å²) >= 11 is 4.87. The Bertz CT molecular complexity index is 655. The van der Waals surface area contributed by atoms with Crippen LogP contribution in [0.2, 0.25) is 0 Å². The van der Waals surface area contributed by atoms with Gasteiger partial charge in [0.1, 0.15) is 17.3 Å². The minimum Gasteiger partial charge on any atom is -0.489 e. The maximum atomic E-state index is 12.6. The van der Waals surface area contributed by atoms with E-state index in [0.29, 0.717) is 5.56 Å². The summed E-state index contributed by atoms with van der Waals surface area (Å²) in [5.41, 5.74) is 6.25. The molecule has 2 rings (SSSR count). The average molecular weight is 311 g/mol. The van der Waals surface area contributed by atoms with E-state index in [1.54, 1.807) is 24.3 Å². The molecule has 0 fully saturated rings. The van der Waals surface area contributed by atoms with Crippen molar-refractivity contribution in [1.82, 2.24) is 0 Å². The molecule has 2 N–H and O–H groups in total. The van der Waals surface area contributed by atoms with Gasteiger partial charge in [0.25, 0.3) is 0 Å². The van der Waals surface area contributed by atoms with Crippen LogP contribution in [-0.4, -0.2) is 4.99 Å². The normalized spacial score (nSPS) is 11.2. The van der Waals surface area contributed by atoms with Gasteiger partial charge < -0.3 is 10.5 Å². The van der Waals surface area contributed by atoms with E-state index < -0.39 is 11.7 Å². The lowest BCUT2D eigenvalue weighted by atomic mass is 10.1. The third kappa shape index (κ3) is 4.19. The van der Waals surface area contributed by atoms with E-state index in [2.05, 4.69) is 0 Å². The first kappa shape index (κ1) is 15.3. The van der Waals surface area contributed by atoms with Crippen LogP contribution < -0.4 is 10.5 Å². The molecule has 110 valence electrons. The van der Waals surface area contributed by atoms with E-state index in [1.807, 2.05) is 0 Å². The van der Waals surface area contributed by atoms with Crippen LogP contribution in [0.5, 0.6) is 5.75 Å². The SMILES string of the molecule is NC(=S)c1cccc(COc2cccc(C(F)(F)F)c2)c1. The maximum Gasteiger partial charge on any atom is 0.416 e. The predicted molar refractivity (Wildman–Crippen MR) is 78.1 cm³/mol. The van der Waals surface area contributed by atoms with Gasteiger partial charge in [-0.1, -0.05) is 36.5 Å². The van der Waals surface area contributed by atoms with Gasteiger partial charge in [0, 0.05) is 5.56 Å². The Morgan fingerprint density at radius 3 is 2.48 bits per heavy atom. The Morgan fingerprint density at radius 1 is 1.10 bits per heavy atom. The first-order valence-electron chi connectivity index (χ1n) is 6.05. The second kappa shape index (κ2) is 6.13. The molecule has 2 nitrogen and oxygen atoms in total. The molecule has 0 bridgehead atoms. The Kier molecular flexibility index (Phi) is 4.47. The summed E-state index contributed by atoms with van der Waals surface area (Å²) in [6.07, 6.45) is -4.38. The van der Waals surface area contributed by atoms with Gasteiger partial charge in [0.15, 0.2) is 0 Å². The summed E-state index contributed by atoms with van der Waals surface area (Å²) in [5.74, 6) is 0.158. The van der Waals surface area contributed by atoms with Crippen LogP contribution in [-0.2, 0) is 12.8 Å². The number of hydrogen-bond donors (Lipinski definition) is 1. The van der Waals surface area contributed by atoms with Gasteiger partial charge >= 0.3 is 6.18 Å². The van der Waals surface area contributed by atoms with Crippen molar-refractivity contribution in [2.75, 3.05) is 0 Å². The average Bonchev–Trinajstić information content (AvgIpc) is 2.45. The Labute approximate surface area is 125 Å². The van der Waals surface area contributed by atoms with Crippen molar-refractivity contribution in [3.63, 3.8) is 0 Å². The number of nitrogens with two attached hydrogens (primary N) is 1. The van der Waals surface area contributed by atoms with Crippen LogP contribution in [0.25, 0.3) is 0 Å². The zero-order valence-electron chi connectivity index (χ0n) is 10.9. The summed E-state index contributed by atoms with van der Waals surface area (Å²) < 4.78 is 43.1. The molecule has 0 amide bonds. The van der Waals surface area contributed by atoms with Crippen molar-refractivity contribution >= 4 is 17.2 Å². The minimum atomic E-state index is -4.38. The second-order valence-electron chi connectivity index (χ2n) is 4.38. The molecule has 0 radical (unpaired) electrons. The molecule has 21 heavy (non-hydrogen) atoms. The highest BCUT2D eigenvalue weighted by molar-refractivity contribution is 7.80. The molecule has 0 aliphatic carbocycles. The highest BCUT2D eigenvalue weighted by Crippen LogP contribution is 2.31. The molecule has 2 aromatic rings. The van der Waals surface area contributed by atoms with Gasteiger partial charge in [-0.05, 0) is 29.8 Å². The Morgan fingerprint density at radius 2 is 1.81 bits per heavy atom. The van der Waals surface area contributed by atoms with Gasteiger partial charge in [-0.15, -0.1) is 0 Å². The summed E-state index contributed by atoms with van der Waals surface area (Å²) in [6, 6.07) is 11.8. The highest BCUT2D eigenvalue weighted by Gasteiger charge is 2.30. The molecule has 6 heteroatoms. The van der Waals surface area contributed by atoms with E-state index >= 15 is 0 Å². The smallest absolute Gasteiger partial charge is 0.416 e. The summed E-state index contributed by atoms with van der Waals surface area (Å²) in [4.78, 5) is 0.260. The van der Waals surface area contributed by atoms with Crippen molar-refractivity contribution in [2.45, 2.75) is 12.8 Å². The first-order valence-corrected chi connectivity index (χ1v) is 6.46. The van der Waals surface area contributed by atoms with Crippen molar-refractivity contribution in [3.8, 4) is 5.75 Å². The van der Waals surface area contributed by atoms with Gasteiger partial charge in [-0.2, -0.15) is 13.2 Å². The van der Waals surface area contributed by atoms with Crippen LogP contribution in [0.3, 0.4) is 0 Å². The molecule has 0 unspecified atom stereocenters. The van der Waals surface area contributed by atoms with Crippen molar-refractivity contribution in [1.29, 1.82) is 0 Å². The van der Waals surface area contributed by atoms with E-state index in [0.717, 1.165) is 17.7 Å². The highest BCUT2D eigenvalue weighted by atomic mass is 32.1. The first-order chi connectivity index (χ1) is 9.86. The Balaban J connectivity index is 2.10. The monoisotopic (exact) mass is 311 g/mol. The molecule has 2 aromatic carbocycles. The quantitative estimate of drug-likeness (QED) is 0.869. The number of halogens is 3. The fourth-order valence-corrected chi connectivity index (χ4v) is 1.87. The number of rotatable bonds is 4. The third-order valence-electron chi connectivity index (χ3n) is 2.78. The lowest BCUT2D eigenvalue weighted by Crippen LogP contribution is -2.10. The van der Waals surface area contributed by atoms with Crippen molar-refractivity contribution < 1.29 is 17.9 Å².